The Morgan fingerprint density at radius 1 is 1.29 bits per heavy atom. The topological polar surface area (TPSA) is 43.1 Å². The summed E-state index contributed by atoms with van der Waals surface area (Å²) >= 11 is 3.42. The van der Waals surface area contributed by atoms with Gasteiger partial charge < -0.3 is 5.73 Å². The minimum absolute atomic E-state index is 0.219. The molecule has 0 bridgehead atoms. The largest absolute Gasteiger partial charge is 0.399 e. The third kappa shape index (κ3) is 3.32. The van der Waals surface area contributed by atoms with Gasteiger partial charge >= 0.3 is 0 Å². The Morgan fingerprint density at radius 3 is 2.71 bits per heavy atom. The number of carbonyl (C=O) groups excluding carboxylic acids is 1. The van der Waals surface area contributed by atoms with Crippen LogP contribution < -0.4 is 5.73 Å². The van der Waals surface area contributed by atoms with Crippen molar-refractivity contribution in [3.05, 3.63) is 28.2 Å². The summed E-state index contributed by atoms with van der Waals surface area (Å²) in [5.74, 6) is 0.792. The fraction of sp³-hybridized carbons (Fsp3) is 0.500. The van der Waals surface area contributed by atoms with Gasteiger partial charge in [-0.3, -0.25) is 4.79 Å². The zero-order chi connectivity index (χ0) is 12.3. The van der Waals surface area contributed by atoms with Gasteiger partial charge in [0.2, 0.25) is 0 Å². The third-order valence-electron chi connectivity index (χ3n) is 3.49. The fourth-order valence-electron chi connectivity index (χ4n) is 2.52. The van der Waals surface area contributed by atoms with Crippen LogP contribution >= 0.6 is 15.9 Å². The van der Waals surface area contributed by atoms with E-state index in [4.69, 9.17) is 5.73 Å². The van der Waals surface area contributed by atoms with E-state index in [-0.39, 0.29) is 5.78 Å². The first-order chi connectivity index (χ1) is 8.16. The lowest BCUT2D eigenvalue weighted by Crippen LogP contribution is -2.12. The highest BCUT2D eigenvalue weighted by atomic mass is 79.9. The van der Waals surface area contributed by atoms with Gasteiger partial charge in [-0.2, -0.15) is 0 Å². The molecular weight excluding hydrogens is 278 g/mol. The number of benzene rings is 1. The average Bonchev–Trinajstić information content (AvgIpc) is 2.33. The monoisotopic (exact) mass is 295 g/mol. The van der Waals surface area contributed by atoms with E-state index in [1.54, 1.807) is 6.07 Å². The van der Waals surface area contributed by atoms with Gasteiger partial charge in [0.25, 0.3) is 0 Å². The van der Waals surface area contributed by atoms with Crippen LogP contribution in [0, 0.1) is 5.92 Å². The number of nitrogens with two attached hydrogens (primary N) is 1. The minimum atomic E-state index is 0.219. The summed E-state index contributed by atoms with van der Waals surface area (Å²) in [7, 11) is 0. The molecule has 17 heavy (non-hydrogen) atoms. The first-order valence-electron chi connectivity index (χ1n) is 6.25. The molecular formula is C14H18BrNO. The maximum Gasteiger partial charge on any atom is 0.164 e. The number of nitrogen functional groups attached to an aromatic ring is 1. The van der Waals surface area contributed by atoms with E-state index in [0.717, 1.165) is 10.0 Å². The van der Waals surface area contributed by atoms with Crippen molar-refractivity contribution in [1.29, 1.82) is 0 Å². The Hall–Kier alpha value is -0.830. The second kappa shape index (κ2) is 5.67. The van der Waals surface area contributed by atoms with E-state index in [1.807, 2.05) is 12.1 Å². The Morgan fingerprint density at radius 2 is 2.00 bits per heavy atom. The van der Waals surface area contributed by atoms with E-state index in [0.29, 0.717) is 18.0 Å². The Bertz CT molecular complexity index is 411. The van der Waals surface area contributed by atoms with E-state index < -0.39 is 0 Å². The van der Waals surface area contributed by atoms with Gasteiger partial charge in [-0.05, 0) is 24.1 Å². The second-order valence-corrected chi connectivity index (χ2v) is 5.72. The summed E-state index contributed by atoms with van der Waals surface area (Å²) in [6.07, 6.45) is 6.94. The van der Waals surface area contributed by atoms with Crippen molar-refractivity contribution in [2.45, 2.75) is 38.5 Å². The van der Waals surface area contributed by atoms with Crippen molar-refractivity contribution in [3.8, 4) is 0 Å². The van der Waals surface area contributed by atoms with Crippen molar-refractivity contribution in [2.75, 3.05) is 5.73 Å². The van der Waals surface area contributed by atoms with Crippen LogP contribution in [0.2, 0.25) is 0 Å². The zero-order valence-corrected chi connectivity index (χ0v) is 11.5. The predicted molar refractivity (Wildman–Crippen MR) is 74.1 cm³/mol. The summed E-state index contributed by atoms with van der Waals surface area (Å²) in [5, 5.41) is 0. The summed E-state index contributed by atoms with van der Waals surface area (Å²) in [6, 6.07) is 5.43. The van der Waals surface area contributed by atoms with Crippen LogP contribution in [-0.4, -0.2) is 5.78 Å². The van der Waals surface area contributed by atoms with Gasteiger partial charge in [-0.1, -0.05) is 48.0 Å². The molecule has 1 saturated carbocycles. The van der Waals surface area contributed by atoms with Crippen molar-refractivity contribution >= 4 is 27.4 Å². The van der Waals surface area contributed by atoms with Crippen molar-refractivity contribution in [1.82, 2.24) is 0 Å². The van der Waals surface area contributed by atoms with E-state index in [9.17, 15) is 4.79 Å². The summed E-state index contributed by atoms with van der Waals surface area (Å²) in [6.45, 7) is 0. The molecule has 0 atom stereocenters. The molecule has 0 saturated heterocycles. The van der Waals surface area contributed by atoms with Crippen LogP contribution in [0.5, 0.6) is 0 Å². The zero-order valence-electron chi connectivity index (χ0n) is 9.92. The van der Waals surface area contributed by atoms with Gasteiger partial charge in [0.1, 0.15) is 0 Å². The quantitative estimate of drug-likeness (QED) is 0.671. The lowest BCUT2D eigenvalue weighted by molar-refractivity contribution is 0.0949. The van der Waals surface area contributed by atoms with Crippen LogP contribution in [-0.2, 0) is 0 Å². The van der Waals surface area contributed by atoms with Gasteiger partial charge in [0.05, 0.1) is 0 Å². The number of anilines is 1. The lowest BCUT2D eigenvalue weighted by atomic mass is 9.85. The summed E-state index contributed by atoms with van der Waals surface area (Å²) in [4.78, 5) is 12.2. The third-order valence-corrected chi connectivity index (χ3v) is 4.18. The highest BCUT2D eigenvalue weighted by molar-refractivity contribution is 9.10. The van der Waals surface area contributed by atoms with Crippen molar-refractivity contribution in [3.63, 3.8) is 0 Å². The van der Waals surface area contributed by atoms with Gasteiger partial charge in [0.15, 0.2) is 5.78 Å². The Kier molecular flexibility index (Phi) is 4.21. The molecule has 3 heteroatoms. The number of ketones is 1. The Labute approximate surface area is 111 Å². The number of hydrogen-bond acceptors (Lipinski definition) is 2. The van der Waals surface area contributed by atoms with Crippen LogP contribution in [0.1, 0.15) is 48.9 Å². The fourth-order valence-corrected chi connectivity index (χ4v) is 2.99. The highest BCUT2D eigenvalue weighted by Gasteiger charge is 2.19. The molecule has 0 spiro atoms. The molecule has 0 aliphatic heterocycles. The van der Waals surface area contributed by atoms with E-state index in [1.165, 1.54) is 32.1 Å². The van der Waals surface area contributed by atoms with Crippen LogP contribution in [0.4, 0.5) is 5.69 Å². The number of rotatable bonds is 3. The second-order valence-electron chi connectivity index (χ2n) is 4.87. The molecule has 1 fully saturated rings. The molecule has 2 N–H and O–H groups in total. The average molecular weight is 296 g/mol. The molecule has 2 rings (SSSR count). The van der Waals surface area contributed by atoms with Crippen LogP contribution in [0.3, 0.4) is 0 Å². The maximum atomic E-state index is 12.2. The van der Waals surface area contributed by atoms with Gasteiger partial charge in [-0.15, -0.1) is 0 Å². The molecule has 0 unspecified atom stereocenters. The first-order valence-corrected chi connectivity index (χ1v) is 7.04. The minimum Gasteiger partial charge on any atom is -0.399 e. The number of Topliss-reactive ketones (excluding diaryl/α,β-unsaturated/α-hetero) is 1. The molecule has 1 aromatic rings. The van der Waals surface area contributed by atoms with Gasteiger partial charge in [-0.25, -0.2) is 0 Å². The van der Waals surface area contributed by atoms with Crippen molar-refractivity contribution < 1.29 is 4.79 Å². The van der Waals surface area contributed by atoms with E-state index >= 15 is 0 Å². The lowest BCUT2D eigenvalue weighted by Gasteiger charge is -2.20. The molecule has 0 heterocycles. The Balaban J connectivity index is 2.05. The number of carbonyl (C=O) groups is 1. The summed E-state index contributed by atoms with van der Waals surface area (Å²) < 4.78 is 0.854. The normalized spacial score (nSPS) is 17.0. The van der Waals surface area contributed by atoms with Gasteiger partial charge in [0, 0.05) is 22.1 Å². The van der Waals surface area contributed by atoms with E-state index in [2.05, 4.69) is 15.9 Å². The first kappa shape index (κ1) is 12.6. The molecule has 0 radical (unpaired) electrons. The molecule has 1 aromatic carbocycles. The number of halogens is 1. The standard InChI is InChI=1S/C14H18BrNO/c15-13-7-6-11(16)9-12(13)14(17)8-10-4-2-1-3-5-10/h6-7,9-10H,1-5,8,16H2. The molecule has 92 valence electrons. The summed E-state index contributed by atoms with van der Waals surface area (Å²) in [5.41, 5.74) is 7.11. The molecule has 1 aliphatic rings. The number of hydrogen-bond donors (Lipinski definition) is 1. The van der Waals surface area contributed by atoms with Crippen LogP contribution in [0.15, 0.2) is 22.7 Å². The predicted octanol–water partition coefficient (Wildman–Crippen LogP) is 4.18. The van der Waals surface area contributed by atoms with Crippen molar-refractivity contribution in [2.24, 2.45) is 5.92 Å². The van der Waals surface area contributed by atoms with Crippen LogP contribution in [0.25, 0.3) is 0 Å². The smallest absolute Gasteiger partial charge is 0.164 e. The molecule has 0 aromatic heterocycles. The molecule has 0 amide bonds. The maximum absolute atomic E-state index is 12.2. The SMILES string of the molecule is Nc1ccc(Br)c(C(=O)CC2CCCCC2)c1. The highest BCUT2D eigenvalue weighted by Crippen LogP contribution is 2.29. The molecule has 1 aliphatic carbocycles. The molecule has 2 nitrogen and oxygen atoms in total.